The molecule has 0 fully saturated rings. The zero-order valence-electron chi connectivity index (χ0n) is 11.2. The van der Waals surface area contributed by atoms with E-state index >= 15 is 0 Å². The summed E-state index contributed by atoms with van der Waals surface area (Å²) in [4.78, 5) is 3.93. The van der Waals surface area contributed by atoms with Crippen LogP contribution in [0.25, 0.3) is 0 Å². The summed E-state index contributed by atoms with van der Waals surface area (Å²) in [6, 6.07) is 10.2. The summed E-state index contributed by atoms with van der Waals surface area (Å²) < 4.78 is 26.5. The van der Waals surface area contributed by atoms with Crippen LogP contribution in [0.4, 0.5) is 0 Å². The fourth-order valence-electron chi connectivity index (χ4n) is 1.62. The van der Waals surface area contributed by atoms with Crippen LogP contribution < -0.4 is 4.72 Å². The average Bonchev–Trinajstić information content (AvgIpc) is 2.53. The number of pyridine rings is 1. The molecule has 108 valence electrons. The van der Waals surface area contributed by atoms with Crippen LogP contribution in [0.15, 0.2) is 53.7 Å². The summed E-state index contributed by atoms with van der Waals surface area (Å²) in [5.41, 5.74) is 1.58. The van der Waals surface area contributed by atoms with Gasteiger partial charge >= 0.3 is 0 Å². The Morgan fingerprint density at radius 3 is 2.57 bits per heavy atom. The number of hydrogen-bond donors (Lipinski definition) is 2. The molecule has 0 atom stereocenters. The topological polar surface area (TPSA) is 79.3 Å². The highest BCUT2D eigenvalue weighted by molar-refractivity contribution is 7.89. The summed E-state index contributed by atoms with van der Waals surface area (Å²) in [5, 5.41) is 8.61. The van der Waals surface area contributed by atoms with Crippen LogP contribution in [0.5, 0.6) is 0 Å². The van der Waals surface area contributed by atoms with Gasteiger partial charge in [-0.3, -0.25) is 4.98 Å². The van der Waals surface area contributed by atoms with E-state index in [1.165, 1.54) is 18.5 Å². The minimum Gasteiger partial charge on any atom is -0.384 e. The Bertz CT molecular complexity index is 745. The van der Waals surface area contributed by atoms with E-state index in [1.807, 2.05) is 0 Å². The molecule has 0 radical (unpaired) electrons. The lowest BCUT2D eigenvalue weighted by Gasteiger charge is -2.06. The maximum atomic E-state index is 12.0. The lowest BCUT2D eigenvalue weighted by molar-refractivity contribution is 0.350. The van der Waals surface area contributed by atoms with Crippen molar-refractivity contribution in [2.24, 2.45) is 0 Å². The minimum atomic E-state index is -3.56. The Balaban J connectivity index is 2.03. The minimum absolute atomic E-state index is 0.135. The summed E-state index contributed by atoms with van der Waals surface area (Å²) in [6.45, 7) is -0.00238. The highest BCUT2D eigenvalue weighted by Gasteiger charge is 2.13. The first-order chi connectivity index (χ1) is 10.1. The molecule has 1 heterocycles. The summed E-state index contributed by atoms with van der Waals surface area (Å²) in [6.07, 6.45) is 2.82. The molecule has 0 aliphatic rings. The maximum absolute atomic E-state index is 12.0. The third-order valence-corrected chi connectivity index (χ3v) is 4.06. The lowest BCUT2D eigenvalue weighted by atomic mass is 10.1. The van der Waals surface area contributed by atoms with Crippen LogP contribution >= 0.6 is 0 Å². The second kappa shape index (κ2) is 6.99. The van der Waals surface area contributed by atoms with Gasteiger partial charge in [-0.1, -0.05) is 24.0 Å². The number of aromatic nitrogens is 1. The van der Waals surface area contributed by atoms with Crippen molar-refractivity contribution in [1.29, 1.82) is 0 Å². The zero-order chi connectivity index (χ0) is 15.1. The average molecular weight is 302 g/mol. The molecule has 5 nitrogen and oxygen atoms in total. The van der Waals surface area contributed by atoms with E-state index in [0.717, 1.165) is 11.1 Å². The number of benzene rings is 1. The number of aliphatic hydroxyl groups excluding tert-OH is 1. The van der Waals surface area contributed by atoms with Gasteiger partial charge < -0.3 is 5.11 Å². The van der Waals surface area contributed by atoms with Crippen molar-refractivity contribution in [3.63, 3.8) is 0 Å². The van der Waals surface area contributed by atoms with E-state index in [2.05, 4.69) is 21.5 Å². The highest BCUT2D eigenvalue weighted by atomic mass is 32.2. The first-order valence-corrected chi connectivity index (χ1v) is 7.68. The van der Waals surface area contributed by atoms with Crippen LogP contribution in [0.1, 0.15) is 11.1 Å². The summed E-state index contributed by atoms with van der Waals surface area (Å²) in [7, 11) is -3.56. The van der Waals surface area contributed by atoms with Gasteiger partial charge in [0.2, 0.25) is 10.0 Å². The smallest absolute Gasteiger partial charge is 0.242 e. The van der Waals surface area contributed by atoms with Crippen molar-refractivity contribution in [3.05, 3.63) is 59.9 Å². The molecule has 0 aliphatic heterocycles. The molecule has 0 unspecified atom stereocenters. The Morgan fingerprint density at radius 2 is 1.95 bits per heavy atom. The Morgan fingerprint density at radius 1 is 1.19 bits per heavy atom. The molecule has 1 aromatic heterocycles. The second-order valence-corrected chi connectivity index (χ2v) is 5.94. The summed E-state index contributed by atoms with van der Waals surface area (Å²) in [5.74, 6) is 5.32. The van der Waals surface area contributed by atoms with Gasteiger partial charge in [-0.05, 0) is 29.8 Å². The molecule has 0 aliphatic carbocycles. The molecular weight excluding hydrogens is 288 g/mol. The third kappa shape index (κ3) is 4.39. The van der Waals surface area contributed by atoms with E-state index < -0.39 is 10.0 Å². The fourth-order valence-corrected chi connectivity index (χ4v) is 2.60. The molecule has 0 saturated carbocycles. The van der Waals surface area contributed by atoms with Crippen molar-refractivity contribution < 1.29 is 13.5 Å². The zero-order valence-corrected chi connectivity index (χ0v) is 12.0. The highest BCUT2D eigenvalue weighted by Crippen LogP contribution is 2.08. The molecular formula is C15H14N2O3S. The molecule has 0 bridgehead atoms. The van der Waals surface area contributed by atoms with Crippen LogP contribution in [-0.2, 0) is 16.6 Å². The maximum Gasteiger partial charge on any atom is 0.242 e. The lowest BCUT2D eigenvalue weighted by Crippen LogP contribution is -2.23. The molecule has 0 spiro atoms. The summed E-state index contributed by atoms with van der Waals surface area (Å²) >= 11 is 0. The molecule has 0 saturated heterocycles. The van der Waals surface area contributed by atoms with E-state index in [-0.39, 0.29) is 18.0 Å². The van der Waals surface area contributed by atoms with Gasteiger partial charge in [-0.15, -0.1) is 0 Å². The number of hydrogen-bond acceptors (Lipinski definition) is 4. The van der Waals surface area contributed by atoms with Gasteiger partial charge in [0.05, 0.1) is 0 Å². The number of nitrogens with zero attached hydrogens (tertiary/aromatic N) is 1. The monoisotopic (exact) mass is 302 g/mol. The number of sulfonamides is 1. The molecule has 2 N–H and O–H groups in total. The van der Waals surface area contributed by atoms with Gasteiger partial charge in [0.25, 0.3) is 0 Å². The van der Waals surface area contributed by atoms with Crippen molar-refractivity contribution in [3.8, 4) is 11.8 Å². The Kier molecular flexibility index (Phi) is 5.06. The van der Waals surface area contributed by atoms with Crippen molar-refractivity contribution in [2.45, 2.75) is 11.4 Å². The van der Waals surface area contributed by atoms with E-state index in [0.29, 0.717) is 0 Å². The van der Waals surface area contributed by atoms with E-state index in [4.69, 9.17) is 5.11 Å². The molecule has 2 rings (SSSR count). The Hall–Kier alpha value is -2.20. The largest absolute Gasteiger partial charge is 0.384 e. The van der Waals surface area contributed by atoms with Gasteiger partial charge in [-0.2, -0.15) is 0 Å². The van der Waals surface area contributed by atoms with Crippen molar-refractivity contribution in [2.75, 3.05) is 6.61 Å². The quantitative estimate of drug-likeness (QED) is 0.823. The van der Waals surface area contributed by atoms with Crippen molar-refractivity contribution in [1.82, 2.24) is 9.71 Å². The normalized spacial score (nSPS) is 10.7. The number of nitrogens with one attached hydrogen (secondary N) is 1. The van der Waals surface area contributed by atoms with Gasteiger partial charge in [0, 0.05) is 24.5 Å². The molecule has 1 aromatic carbocycles. The van der Waals surface area contributed by atoms with Gasteiger partial charge in [-0.25, -0.2) is 13.1 Å². The predicted octanol–water partition coefficient (Wildman–Crippen LogP) is 0.904. The van der Waals surface area contributed by atoms with Crippen LogP contribution in [-0.4, -0.2) is 25.1 Å². The molecule has 2 aromatic rings. The van der Waals surface area contributed by atoms with E-state index in [1.54, 1.807) is 30.3 Å². The van der Waals surface area contributed by atoms with Gasteiger partial charge in [0.15, 0.2) is 0 Å². The first kappa shape index (κ1) is 15.2. The molecule has 6 heteroatoms. The number of rotatable bonds is 4. The molecule has 0 amide bonds. The predicted molar refractivity (Wildman–Crippen MR) is 78.7 cm³/mol. The van der Waals surface area contributed by atoms with Crippen molar-refractivity contribution >= 4 is 10.0 Å². The van der Waals surface area contributed by atoms with Crippen LogP contribution in [0, 0.1) is 11.8 Å². The Labute approximate surface area is 123 Å². The van der Waals surface area contributed by atoms with E-state index in [9.17, 15) is 8.42 Å². The molecule has 21 heavy (non-hydrogen) atoms. The second-order valence-electron chi connectivity index (χ2n) is 4.17. The van der Waals surface area contributed by atoms with Gasteiger partial charge in [0.1, 0.15) is 11.5 Å². The standard InChI is InChI=1S/C15H14N2O3S/c18-10-2-3-13-5-7-14(8-6-13)11-17-21(19,20)15-4-1-9-16-12-15/h1,4-9,12,17-18H,10-11H2. The first-order valence-electron chi connectivity index (χ1n) is 6.20. The SMILES string of the molecule is O=S(=O)(NCc1ccc(C#CCO)cc1)c1cccnc1. The van der Waals surface area contributed by atoms with Crippen LogP contribution in [0.2, 0.25) is 0 Å². The third-order valence-electron chi connectivity index (χ3n) is 2.68. The van der Waals surface area contributed by atoms with Crippen LogP contribution in [0.3, 0.4) is 0 Å². The fraction of sp³-hybridized carbons (Fsp3) is 0.133. The number of aliphatic hydroxyl groups is 1.